The number of methoxy groups -OCH3 is 2. The van der Waals surface area contributed by atoms with E-state index in [2.05, 4.69) is 5.32 Å². The maximum Gasteiger partial charge on any atom is 0.122 e. The van der Waals surface area contributed by atoms with Gasteiger partial charge in [-0.05, 0) is 48.4 Å². The zero-order valence-electron chi connectivity index (χ0n) is 12.4. The Kier molecular flexibility index (Phi) is 5.90. The summed E-state index contributed by atoms with van der Waals surface area (Å²) in [6, 6.07) is 13.7. The lowest BCUT2D eigenvalue weighted by molar-refractivity contribution is 0.398. The molecule has 1 N–H and O–H groups in total. The first kappa shape index (κ1) is 15.7. The van der Waals surface area contributed by atoms with Crippen LogP contribution in [0.3, 0.4) is 0 Å². The first-order valence-electron chi connectivity index (χ1n) is 6.89. The summed E-state index contributed by atoms with van der Waals surface area (Å²) in [6.07, 6.45) is 0.866. The molecule has 0 aliphatic rings. The second kappa shape index (κ2) is 7.91. The fourth-order valence-electron chi connectivity index (χ4n) is 2.17. The average Bonchev–Trinajstić information content (AvgIpc) is 2.52. The smallest absolute Gasteiger partial charge is 0.122 e. The van der Waals surface area contributed by atoms with E-state index in [0.29, 0.717) is 0 Å². The van der Waals surface area contributed by atoms with Crippen LogP contribution in [0.15, 0.2) is 42.5 Å². The van der Waals surface area contributed by atoms with Crippen LogP contribution in [-0.4, -0.2) is 20.8 Å². The standard InChI is InChI=1S/C17H20ClNO2/c1-20-15-7-8-17(21-2)13(11-15)9-10-19-12-14-5-3-4-6-16(14)18/h3-8,11,19H,9-10,12H2,1-2H3. The highest BCUT2D eigenvalue weighted by molar-refractivity contribution is 6.31. The van der Waals surface area contributed by atoms with Crippen molar-refractivity contribution in [2.75, 3.05) is 20.8 Å². The molecule has 112 valence electrons. The summed E-state index contributed by atoms with van der Waals surface area (Å²) in [5.41, 5.74) is 2.24. The maximum absolute atomic E-state index is 6.13. The number of benzene rings is 2. The minimum absolute atomic E-state index is 0.756. The molecule has 0 fully saturated rings. The first-order valence-corrected chi connectivity index (χ1v) is 7.27. The van der Waals surface area contributed by atoms with Gasteiger partial charge in [-0.25, -0.2) is 0 Å². The summed E-state index contributed by atoms with van der Waals surface area (Å²) in [5.74, 6) is 1.73. The first-order chi connectivity index (χ1) is 10.2. The van der Waals surface area contributed by atoms with Gasteiger partial charge in [-0.3, -0.25) is 0 Å². The molecule has 2 rings (SSSR count). The summed E-state index contributed by atoms with van der Waals surface area (Å²) in [7, 11) is 3.35. The van der Waals surface area contributed by atoms with E-state index in [1.807, 2.05) is 42.5 Å². The van der Waals surface area contributed by atoms with Crippen LogP contribution < -0.4 is 14.8 Å². The van der Waals surface area contributed by atoms with Gasteiger partial charge in [0.15, 0.2) is 0 Å². The van der Waals surface area contributed by atoms with Gasteiger partial charge in [-0.2, -0.15) is 0 Å². The van der Waals surface area contributed by atoms with Gasteiger partial charge in [0.05, 0.1) is 14.2 Å². The second-order valence-electron chi connectivity index (χ2n) is 4.70. The molecular weight excluding hydrogens is 286 g/mol. The molecule has 0 saturated heterocycles. The van der Waals surface area contributed by atoms with Crippen LogP contribution in [0.4, 0.5) is 0 Å². The molecule has 0 unspecified atom stereocenters. The SMILES string of the molecule is COc1ccc(OC)c(CCNCc2ccccc2Cl)c1. The van der Waals surface area contributed by atoms with E-state index in [9.17, 15) is 0 Å². The molecule has 0 spiro atoms. The summed E-state index contributed by atoms with van der Waals surface area (Å²) in [6.45, 7) is 1.60. The fourth-order valence-corrected chi connectivity index (χ4v) is 2.37. The summed E-state index contributed by atoms with van der Waals surface area (Å²) in [5, 5.41) is 4.19. The van der Waals surface area contributed by atoms with E-state index in [1.165, 1.54) is 0 Å². The number of rotatable bonds is 7. The van der Waals surface area contributed by atoms with E-state index in [-0.39, 0.29) is 0 Å². The largest absolute Gasteiger partial charge is 0.497 e. The third kappa shape index (κ3) is 4.38. The summed E-state index contributed by atoms with van der Waals surface area (Å²) < 4.78 is 10.6. The molecule has 0 bridgehead atoms. The quantitative estimate of drug-likeness (QED) is 0.791. The highest BCUT2D eigenvalue weighted by Gasteiger charge is 2.05. The van der Waals surface area contributed by atoms with Gasteiger partial charge in [0.25, 0.3) is 0 Å². The Morgan fingerprint density at radius 2 is 1.81 bits per heavy atom. The molecule has 2 aromatic carbocycles. The van der Waals surface area contributed by atoms with Crippen LogP contribution >= 0.6 is 11.6 Å². The molecule has 2 aromatic rings. The molecule has 3 nitrogen and oxygen atoms in total. The van der Waals surface area contributed by atoms with Gasteiger partial charge in [-0.1, -0.05) is 29.8 Å². The minimum atomic E-state index is 0.756. The minimum Gasteiger partial charge on any atom is -0.497 e. The maximum atomic E-state index is 6.13. The molecule has 0 aromatic heterocycles. The van der Waals surface area contributed by atoms with Crippen molar-refractivity contribution in [3.05, 3.63) is 58.6 Å². The lowest BCUT2D eigenvalue weighted by atomic mass is 10.1. The molecule has 21 heavy (non-hydrogen) atoms. The van der Waals surface area contributed by atoms with Crippen molar-refractivity contribution in [3.8, 4) is 11.5 Å². The molecule has 0 saturated carbocycles. The molecule has 0 atom stereocenters. The molecule has 0 aliphatic heterocycles. The van der Waals surface area contributed by atoms with Crippen molar-refractivity contribution < 1.29 is 9.47 Å². The van der Waals surface area contributed by atoms with Crippen molar-refractivity contribution in [1.82, 2.24) is 5.32 Å². The van der Waals surface area contributed by atoms with Gasteiger partial charge >= 0.3 is 0 Å². The Bertz CT molecular complexity index is 587. The van der Waals surface area contributed by atoms with Crippen LogP contribution in [-0.2, 0) is 13.0 Å². The second-order valence-corrected chi connectivity index (χ2v) is 5.10. The molecule has 0 amide bonds. The topological polar surface area (TPSA) is 30.5 Å². The van der Waals surface area contributed by atoms with Crippen LogP contribution in [0.1, 0.15) is 11.1 Å². The zero-order chi connectivity index (χ0) is 15.1. The molecule has 0 aliphatic carbocycles. The van der Waals surface area contributed by atoms with Crippen LogP contribution in [0.5, 0.6) is 11.5 Å². The van der Waals surface area contributed by atoms with Crippen molar-refractivity contribution in [2.45, 2.75) is 13.0 Å². The summed E-state index contributed by atoms with van der Waals surface area (Å²) in [4.78, 5) is 0. The van der Waals surface area contributed by atoms with Crippen LogP contribution in [0.25, 0.3) is 0 Å². The van der Waals surface area contributed by atoms with Crippen LogP contribution in [0.2, 0.25) is 5.02 Å². The Morgan fingerprint density at radius 3 is 2.52 bits per heavy atom. The highest BCUT2D eigenvalue weighted by Crippen LogP contribution is 2.24. The predicted octanol–water partition coefficient (Wildman–Crippen LogP) is 3.69. The zero-order valence-corrected chi connectivity index (χ0v) is 13.1. The third-order valence-electron chi connectivity index (χ3n) is 3.33. The van der Waals surface area contributed by atoms with Gasteiger partial charge in [0, 0.05) is 11.6 Å². The highest BCUT2D eigenvalue weighted by atomic mass is 35.5. The van der Waals surface area contributed by atoms with Crippen LogP contribution in [0, 0.1) is 0 Å². The third-order valence-corrected chi connectivity index (χ3v) is 3.70. The van der Waals surface area contributed by atoms with Crippen molar-refractivity contribution >= 4 is 11.6 Å². The van der Waals surface area contributed by atoms with E-state index in [1.54, 1.807) is 14.2 Å². The monoisotopic (exact) mass is 305 g/mol. The molecule has 0 radical (unpaired) electrons. The van der Waals surface area contributed by atoms with E-state index in [0.717, 1.165) is 47.2 Å². The Morgan fingerprint density at radius 1 is 1.00 bits per heavy atom. The number of halogens is 1. The van der Waals surface area contributed by atoms with Gasteiger partial charge in [0.2, 0.25) is 0 Å². The molecular formula is C17H20ClNO2. The number of nitrogens with one attached hydrogen (secondary N) is 1. The summed E-state index contributed by atoms with van der Waals surface area (Å²) >= 11 is 6.13. The van der Waals surface area contributed by atoms with Crippen molar-refractivity contribution in [2.24, 2.45) is 0 Å². The van der Waals surface area contributed by atoms with Gasteiger partial charge in [-0.15, -0.1) is 0 Å². The molecule has 0 heterocycles. The fraction of sp³-hybridized carbons (Fsp3) is 0.294. The normalized spacial score (nSPS) is 10.4. The van der Waals surface area contributed by atoms with E-state index >= 15 is 0 Å². The van der Waals surface area contributed by atoms with E-state index < -0.39 is 0 Å². The van der Waals surface area contributed by atoms with E-state index in [4.69, 9.17) is 21.1 Å². The lowest BCUT2D eigenvalue weighted by Gasteiger charge is -2.11. The van der Waals surface area contributed by atoms with Gasteiger partial charge < -0.3 is 14.8 Å². The number of hydrogen-bond acceptors (Lipinski definition) is 3. The Labute approximate surface area is 130 Å². The Balaban J connectivity index is 1.90. The van der Waals surface area contributed by atoms with Gasteiger partial charge in [0.1, 0.15) is 11.5 Å². The lowest BCUT2D eigenvalue weighted by Crippen LogP contribution is -2.17. The average molecular weight is 306 g/mol. The molecule has 4 heteroatoms. The predicted molar refractivity (Wildman–Crippen MR) is 86.4 cm³/mol. The number of hydrogen-bond donors (Lipinski definition) is 1. The Hall–Kier alpha value is -1.71. The van der Waals surface area contributed by atoms with Crippen molar-refractivity contribution in [3.63, 3.8) is 0 Å². The number of ether oxygens (including phenoxy) is 2. The van der Waals surface area contributed by atoms with Crippen molar-refractivity contribution in [1.29, 1.82) is 0 Å².